The highest BCUT2D eigenvalue weighted by Gasteiger charge is 2.58. The molecule has 1 saturated carbocycles. The molecule has 0 spiro atoms. The lowest BCUT2D eigenvalue weighted by molar-refractivity contribution is -0.143. The van der Waals surface area contributed by atoms with Gasteiger partial charge in [0.25, 0.3) is 5.91 Å². The second-order valence-corrected chi connectivity index (χ2v) is 4.31. The third kappa shape index (κ3) is 1.45. The number of nitrogens with zero attached hydrogens (tertiary/aromatic N) is 1. The van der Waals surface area contributed by atoms with Crippen LogP contribution in [0.25, 0.3) is 0 Å². The Hall–Kier alpha value is -1.59. The van der Waals surface area contributed by atoms with Crippen molar-refractivity contribution in [2.45, 2.75) is 31.7 Å². The largest absolute Gasteiger partial charge is 0.480 e. The van der Waals surface area contributed by atoms with Gasteiger partial charge in [-0.15, -0.1) is 0 Å². The SMILES string of the molecule is CCC1(C2CC2)NC(=O)N(CC(=O)O)C1=O. The summed E-state index contributed by atoms with van der Waals surface area (Å²) in [4.78, 5) is 35.0. The number of urea groups is 1. The maximum atomic E-state index is 12.1. The summed E-state index contributed by atoms with van der Waals surface area (Å²) in [5.41, 5.74) is -0.841. The number of hydrogen-bond donors (Lipinski definition) is 2. The topological polar surface area (TPSA) is 86.7 Å². The highest BCUT2D eigenvalue weighted by molar-refractivity contribution is 6.09. The van der Waals surface area contributed by atoms with Crippen LogP contribution in [0.4, 0.5) is 4.79 Å². The Morgan fingerprint density at radius 1 is 1.56 bits per heavy atom. The van der Waals surface area contributed by atoms with Crippen molar-refractivity contribution in [1.29, 1.82) is 0 Å². The van der Waals surface area contributed by atoms with E-state index in [0.717, 1.165) is 17.7 Å². The molecule has 3 amide bonds. The van der Waals surface area contributed by atoms with E-state index in [1.54, 1.807) is 0 Å². The van der Waals surface area contributed by atoms with E-state index in [2.05, 4.69) is 5.32 Å². The second kappa shape index (κ2) is 3.47. The first-order chi connectivity index (χ1) is 7.51. The smallest absolute Gasteiger partial charge is 0.325 e. The number of rotatable bonds is 4. The molecule has 1 unspecified atom stereocenters. The average molecular weight is 226 g/mol. The number of carbonyl (C=O) groups is 3. The zero-order chi connectivity index (χ0) is 11.9. The van der Waals surface area contributed by atoms with Gasteiger partial charge in [-0.05, 0) is 25.2 Å². The van der Waals surface area contributed by atoms with Gasteiger partial charge in [-0.2, -0.15) is 0 Å². The number of amides is 3. The van der Waals surface area contributed by atoms with Crippen LogP contribution in [0, 0.1) is 5.92 Å². The quantitative estimate of drug-likeness (QED) is 0.669. The van der Waals surface area contributed by atoms with Crippen molar-refractivity contribution in [2.75, 3.05) is 6.54 Å². The van der Waals surface area contributed by atoms with Gasteiger partial charge < -0.3 is 10.4 Å². The van der Waals surface area contributed by atoms with Gasteiger partial charge in [-0.25, -0.2) is 4.79 Å². The average Bonchev–Trinajstić information content (AvgIpc) is 3.02. The maximum absolute atomic E-state index is 12.1. The molecule has 6 heteroatoms. The molecule has 2 aliphatic rings. The molecule has 1 heterocycles. The standard InChI is InChI=1S/C10H14N2O4/c1-2-10(6-3-4-6)8(15)12(5-7(13)14)9(16)11-10/h6H,2-5H2,1H3,(H,11,16)(H,13,14). The lowest BCUT2D eigenvalue weighted by Crippen LogP contribution is -2.48. The Labute approximate surface area is 92.6 Å². The van der Waals surface area contributed by atoms with Gasteiger partial charge in [0.05, 0.1) is 0 Å². The van der Waals surface area contributed by atoms with E-state index in [-0.39, 0.29) is 11.8 Å². The van der Waals surface area contributed by atoms with E-state index in [9.17, 15) is 14.4 Å². The number of imide groups is 1. The van der Waals surface area contributed by atoms with Crippen molar-refractivity contribution < 1.29 is 19.5 Å². The molecule has 2 rings (SSSR count). The van der Waals surface area contributed by atoms with Gasteiger partial charge in [0.1, 0.15) is 12.1 Å². The molecule has 16 heavy (non-hydrogen) atoms. The van der Waals surface area contributed by atoms with Crippen molar-refractivity contribution >= 4 is 17.9 Å². The van der Waals surface area contributed by atoms with E-state index in [0.29, 0.717) is 6.42 Å². The summed E-state index contributed by atoms with van der Waals surface area (Å²) in [6, 6.07) is -0.582. The second-order valence-electron chi connectivity index (χ2n) is 4.31. The van der Waals surface area contributed by atoms with Crippen LogP contribution in [0.1, 0.15) is 26.2 Å². The highest BCUT2D eigenvalue weighted by Crippen LogP contribution is 2.44. The Morgan fingerprint density at radius 2 is 2.19 bits per heavy atom. The number of nitrogens with one attached hydrogen (secondary N) is 1. The molecule has 6 nitrogen and oxygen atoms in total. The first kappa shape index (κ1) is 10.9. The molecule has 2 fully saturated rings. The first-order valence-corrected chi connectivity index (χ1v) is 5.37. The van der Waals surface area contributed by atoms with Gasteiger partial charge in [0.2, 0.25) is 0 Å². The zero-order valence-electron chi connectivity index (χ0n) is 9.02. The predicted octanol–water partition coefficient (Wildman–Crippen LogP) is 0.182. The summed E-state index contributed by atoms with van der Waals surface area (Å²) in [5.74, 6) is -1.39. The highest BCUT2D eigenvalue weighted by atomic mass is 16.4. The minimum atomic E-state index is -1.17. The van der Waals surface area contributed by atoms with Gasteiger partial charge in [0, 0.05) is 0 Å². The fourth-order valence-electron chi connectivity index (χ4n) is 2.30. The van der Waals surface area contributed by atoms with Crippen LogP contribution in [0.3, 0.4) is 0 Å². The molecule has 88 valence electrons. The summed E-state index contributed by atoms with van der Waals surface area (Å²) in [5, 5.41) is 11.3. The lowest BCUT2D eigenvalue weighted by atomic mass is 9.90. The van der Waals surface area contributed by atoms with Gasteiger partial charge >= 0.3 is 12.0 Å². The van der Waals surface area contributed by atoms with E-state index < -0.39 is 24.1 Å². The summed E-state index contributed by atoms with van der Waals surface area (Å²) in [6.45, 7) is 1.28. The van der Waals surface area contributed by atoms with Crippen molar-refractivity contribution in [2.24, 2.45) is 5.92 Å². The third-order valence-electron chi connectivity index (χ3n) is 3.33. The number of carboxylic acids is 1. The van der Waals surface area contributed by atoms with Gasteiger partial charge in [0.15, 0.2) is 0 Å². The third-order valence-corrected chi connectivity index (χ3v) is 3.33. The molecule has 0 radical (unpaired) electrons. The van der Waals surface area contributed by atoms with E-state index in [1.165, 1.54) is 0 Å². The minimum Gasteiger partial charge on any atom is -0.480 e. The fraction of sp³-hybridized carbons (Fsp3) is 0.700. The first-order valence-electron chi connectivity index (χ1n) is 5.37. The van der Waals surface area contributed by atoms with Gasteiger partial charge in [-0.3, -0.25) is 14.5 Å². The molecule has 1 aliphatic heterocycles. The normalized spacial score (nSPS) is 29.4. The predicted molar refractivity (Wildman–Crippen MR) is 53.6 cm³/mol. The van der Waals surface area contributed by atoms with Crippen LogP contribution in [-0.4, -0.2) is 40.0 Å². The van der Waals surface area contributed by atoms with Crippen molar-refractivity contribution in [3.8, 4) is 0 Å². The number of carboxylic acid groups (broad SMARTS) is 1. The maximum Gasteiger partial charge on any atom is 0.325 e. The molecular weight excluding hydrogens is 212 g/mol. The van der Waals surface area contributed by atoms with Crippen LogP contribution >= 0.6 is 0 Å². The molecule has 0 bridgehead atoms. The van der Waals surface area contributed by atoms with Crippen molar-refractivity contribution in [1.82, 2.24) is 10.2 Å². The van der Waals surface area contributed by atoms with Crippen LogP contribution in [0.15, 0.2) is 0 Å². The Kier molecular flexibility index (Phi) is 2.36. The van der Waals surface area contributed by atoms with E-state index in [4.69, 9.17) is 5.11 Å². The van der Waals surface area contributed by atoms with E-state index in [1.807, 2.05) is 6.92 Å². The minimum absolute atomic E-state index is 0.174. The van der Waals surface area contributed by atoms with Crippen LogP contribution in [0.2, 0.25) is 0 Å². The summed E-state index contributed by atoms with van der Waals surface area (Å²) in [7, 11) is 0. The van der Waals surface area contributed by atoms with Crippen molar-refractivity contribution in [3.63, 3.8) is 0 Å². The fourth-order valence-corrected chi connectivity index (χ4v) is 2.30. The molecule has 0 aromatic carbocycles. The van der Waals surface area contributed by atoms with Crippen LogP contribution in [0.5, 0.6) is 0 Å². The Morgan fingerprint density at radius 3 is 2.62 bits per heavy atom. The van der Waals surface area contributed by atoms with Gasteiger partial charge in [-0.1, -0.05) is 6.92 Å². The summed E-state index contributed by atoms with van der Waals surface area (Å²) >= 11 is 0. The molecule has 1 aliphatic carbocycles. The monoisotopic (exact) mass is 226 g/mol. The van der Waals surface area contributed by atoms with Crippen LogP contribution < -0.4 is 5.32 Å². The summed E-state index contributed by atoms with van der Waals surface area (Å²) < 4.78 is 0. The van der Waals surface area contributed by atoms with Crippen molar-refractivity contribution in [3.05, 3.63) is 0 Å². The number of hydrogen-bond acceptors (Lipinski definition) is 3. The molecule has 1 atom stereocenters. The molecule has 2 N–H and O–H groups in total. The Bertz CT molecular complexity index is 364. The van der Waals surface area contributed by atoms with E-state index >= 15 is 0 Å². The summed E-state index contributed by atoms with van der Waals surface area (Å²) in [6.07, 6.45) is 2.35. The number of carbonyl (C=O) groups excluding carboxylic acids is 2. The molecule has 0 aromatic heterocycles. The van der Waals surface area contributed by atoms with Crippen LogP contribution in [-0.2, 0) is 9.59 Å². The lowest BCUT2D eigenvalue weighted by Gasteiger charge is -2.24. The molecule has 0 aromatic rings. The molecular formula is C10H14N2O4. The molecule has 1 saturated heterocycles. The zero-order valence-corrected chi connectivity index (χ0v) is 9.02. The number of aliphatic carboxylic acids is 1. The Balaban J connectivity index is 2.23.